The second-order valence-electron chi connectivity index (χ2n) is 2.90. The molecular formula is C11H8F2O2S. The van der Waals surface area contributed by atoms with E-state index in [0.717, 1.165) is 12.1 Å². The van der Waals surface area contributed by atoms with Gasteiger partial charge in [0, 0.05) is 12.2 Å². The molecule has 1 rings (SSSR count). The van der Waals surface area contributed by atoms with Gasteiger partial charge in [-0.1, -0.05) is 11.8 Å². The molecule has 0 radical (unpaired) electrons. The Kier molecular flexibility index (Phi) is 4.32. The van der Waals surface area contributed by atoms with Gasteiger partial charge in [-0.2, -0.15) is 12.6 Å². The predicted octanol–water partition coefficient (Wildman–Crippen LogP) is 2.33. The van der Waals surface area contributed by atoms with Crippen LogP contribution in [0, 0.1) is 23.5 Å². The van der Waals surface area contributed by atoms with Crippen molar-refractivity contribution in [2.45, 2.75) is 6.42 Å². The Balaban J connectivity index is 3.14. The molecule has 1 aromatic carbocycles. The minimum atomic E-state index is -1.38. The first kappa shape index (κ1) is 12.5. The summed E-state index contributed by atoms with van der Waals surface area (Å²) in [4.78, 5) is 10.5. The molecule has 1 N–H and O–H groups in total. The van der Waals surface area contributed by atoms with Gasteiger partial charge in [0.1, 0.15) is 11.6 Å². The van der Waals surface area contributed by atoms with Crippen LogP contribution in [0.1, 0.15) is 22.3 Å². The Morgan fingerprint density at radius 3 is 2.38 bits per heavy atom. The fourth-order valence-corrected chi connectivity index (χ4v) is 1.13. The zero-order valence-electron chi connectivity index (χ0n) is 8.13. The average molecular weight is 242 g/mol. The SMILES string of the molecule is O=C(O)c1cc(F)c(C#CCCS)c(F)c1. The standard InChI is InChI=1S/C11H8F2O2S/c12-9-5-7(11(14)15)6-10(13)8(9)3-1-2-4-16/h5-6,16H,2,4H2,(H,14,15). The molecular weight excluding hydrogens is 234 g/mol. The first-order valence-electron chi connectivity index (χ1n) is 4.38. The summed E-state index contributed by atoms with van der Waals surface area (Å²) in [5.74, 6) is 2.01. The van der Waals surface area contributed by atoms with Crippen molar-refractivity contribution in [2.75, 3.05) is 5.75 Å². The van der Waals surface area contributed by atoms with Crippen LogP contribution in [-0.2, 0) is 0 Å². The number of benzene rings is 1. The molecule has 0 unspecified atom stereocenters. The highest BCUT2D eigenvalue weighted by molar-refractivity contribution is 7.80. The Bertz CT molecular complexity index is 452. The second kappa shape index (κ2) is 5.52. The molecule has 0 aliphatic rings. The van der Waals surface area contributed by atoms with E-state index in [1.165, 1.54) is 0 Å². The van der Waals surface area contributed by atoms with E-state index in [0.29, 0.717) is 12.2 Å². The van der Waals surface area contributed by atoms with Gasteiger partial charge in [0.15, 0.2) is 0 Å². The lowest BCUT2D eigenvalue weighted by Gasteiger charge is -1.99. The summed E-state index contributed by atoms with van der Waals surface area (Å²) < 4.78 is 26.5. The van der Waals surface area contributed by atoms with Crippen molar-refractivity contribution in [2.24, 2.45) is 0 Å². The van der Waals surface area contributed by atoms with E-state index >= 15 is 0 Å². The number of carboxylic acid groups (broad SMARTS) is 1. The van der Waals surface area contributed by atoms with Crippen molar-refractivity contribution in [3.8, 4) is 11.8 Å². The summed E-state index contributed by atoms with van der Waals surface area (Å²) in [6.45, 7) is 0. The number of hydrogen-bond acceptors (Lipinski definition) is 2. The van der Waals surface area contributed by atoms with E-state index in [2.05, 4.69) is 24.5 Å². The average Bonchev–Trinajstić information content (AvgIpc) is 2.21. The Morgan fingerprint density at radius 1 is 1.38 bits per heavy atom. The molecule has 0 heterocycles. The van der Waals surface area contributed by atoms with Gasteiger partial charge in [-0.15, -0.1) is 0 Å². The molecule has 0 bridgehead atoms. The molecule has 0 saturated carbocycles. The van der Waals surface area contributed by atoms with Crippen LogP contribution in [-0.4, -0.2) is 16.8 Å². The van der Waals surface area contributed by atoms with Crippen LogP contribution in [0.4, 0.5) is 8.78 Å². The van der Waals surface area contributed by atoms with E-state index in [1.807, 2.05) is 0 Å². The molecule has 0 amide bonds. The first-order valence-corrected chi connectivity index (χ1v) is 5.01. The van der Waals surface area contributed by atoms with Gasteiger partial charge < -0.3 is 5.11 Å². The molecule has 0 fully saturated rings. The molecule has 5 heteroatoms. The summed E-state index contributed by atoms with van der Waals surface area (Å²) in [6, 6.07) is 1.49. The highest BCUT2D eigenvalue weighted by Crippen LogP contribution is 2.14. The molecule has 16 heavy (non-hydrogen) atoms. The van der Waals surface area contributed by atoms with Crippen LogP contribution in [0.3, 0.4) is 0 Å². The maximum Gasteiger partial charge on any atom is 0.335 e. The summed E-state index contributed by atoms with van der Waals surface area (Å²) in [6.07, 6.45) is 0.405. The fourth-order valence-electron chi connectivity index (χ4n) is 1.02. The third-order valence-corrected chi connectivity index (χ3v) is 1.96. The summed E-state index contributed by atoms with van der Waals surface area (Å²) in [5, 5.41) is 8.56. The minimum absolute atomic E-state index is 0.405. The van der Waals surface area contributed by atoms with E-state index in [9.17, 15) is 13.6 Å². The molecule has 84 valence electrons. The zero-order chi connectivity index (χ0) is 12.1. The smallest absolute Gasteiger partial charge is 0.335 e. The van der Waals surface area contributed by atoms with Gasteiger partial charge in [0.05, 0.1) is 11.1 Å². The maximum absolute atomic E-state index is 13.3. The van der Waals surface area contributed by atoms with Crippen molar-refractivity contribution < 1.29 is 18.7 Å². The van der Waals surface area contributed by atoms with E-state index in [4.69, 9.17) is 5.11 Å². The van der Waals surface area contributed by atoms with Crippen LogP contribution in [0.5, 0.6) is 0 Å². The normalized spacial score (nSPS) is 9.44. The van der Waals surface area contributed by atoms with Gasteiger partial charge in [-0.25, -0.2) is 13.6 Å². The quantitative estimate of drug-likeness (QED) is 0.617. The lowest BCUT2D eigenvalue weighted by atomic mass is 10.1. The number of carboxylic acids is 1. The van der Waals surface area contributed by atoms with Crippen molar-refractivity contribution in [1.29, 1.82) is 0 Å². The van der Waals surface area contributed by atoms with E-state index in [1.54, 1.807) is 0 Å². The molecule has 0 spiro atoms. The van der Waals surface area contributed by atoms with Crippen LogP contribution >= 0.6 is 12.6 Å². The number of halogens is 2. The third kappa shape index (κ3) is 2.97. The van der Waals surface area contributed by atoms with Crippen molar-refractivity contribution in [3.63, 3.8) is 0 Å². The molecule has 2 nitrogen and oxygen atoms in total. The largest absolute Gasteiger partial charge is 0.478 e. The van der Waals surface area contributed by atoms with E-state index < -0.39 is 28.7 Å². The van der Waals surface area contributed by atoms with Crippen molar-refractivity contribution in [3.05, 3.63) is 34.9 Å². The lowest BCUT2D eigenvalue weighted by molar-refractivity contribution is 0.0695. The van der Waals surface area contributed by atoms with Gasteiger partial charge in [0.25, 0.3) is 0 Å². The Morgan fingerprint density at radius 2 is 1.94 bits per heavy atom. The number of carbonyl (C=O) groups is 1. The highest BCUT2D eigenvalue weighted by atomic mass is 32.1. The second-order valence-corrected chi connectivity index (χ2v) is 3.34. The monoisotopic (exact) mass is 242 g/mol. The molecule has 0 saturated heterocycles. The summed E-state index contributed by atoms with van der Waals surface area (Å²) in [7, 11) is 0. The van der Waals surface area contributed by atoms with Gasteiger partial charge in [0.2, 0.25) is 0 Å². The van der Waals surface area contributed by atoms with Crippen LogP contribution < -0.4 is 0 Å². The molecule has 0 aromatic heterocycles. The minimum Gasteiger partial charge on any atom is -0.478 e. The zero-order valence-corrected chi connectivity index (χ0v) is 9.02. The van der Waals surface area contributed by atoms with Gasteiger partial charge in [-0.3, -0.25) is 0 Å². The Hall–Kier alpha value is -1.54. The molecule has 1 aromatic rings. The number of thiol groups is 1. The third-order valence-electron chi connectivity index (χ3n) is 1.74. The van der Waals surface area contributed by atoms with Gasteiger partial charge in [-0.05, 0) is 12.1 Å². The molecule has 0 atom stereocenters. The van der Waals surface area contributed by atoms with Crippen molar-refractivity contribution >= 4 is 18.6 Å². The highest BCUT2D eigenvalue weighted by Gasteiger charge is 2.12. The van der Waals surface area contributed by atoms with Gasteiger partial charge >= 0.3 is 5.97 Å². The maximum atomic E-state index is 13.3. The van der Waals surface area contributed by atoms with Crippen LogP contribution in [0.25, 0.3) is 0 Å². The molecule has 0 aliphatic carbocycles. The summed E-state index contributed by atoms with van der Waals surface area (Å²) in [5.41, 5.74) is -0.846. The van der Waals surface area contributed by atoms with Crippen LogP contribution in [0.2, 0.25) is 0 Å². The topological polar surface area (TPSA) is 37.3 Å². The number of rotatable bonds is 2. The number of hydrogen-bond donors (Lipinski definition) is 2. The summed E-state index contributed by atoms with van der Waals surface area (Å²) >= 11 is 3.89. The predicted molar refractivity (Wildman–Crippen MR) is 58.7 cm³/mol. The van der Waals surface area contributed by atoms with Crippen LogP contribution in [0.15, 0.2) is 12.1 Å². The molecule has 0 aliphatic heterocycles. The fraction of sp³-hybridized carbons (Fsp3) is 0.182. The lowest BCUT2D eigenvalue weighted by Crippen LogP contribution is -2.01. The Labute approximate surface area is 96.7 Å². The first-order chi connectivity index (χ1) is 7.56. The van der Waals surface area contributed by atoms with E-state index in [-0.39, 0.29) is 0 Å². The number of aromatic carboxylic acids is 1. The van der Waals surface area contributed by atoms with Crippen molar-refractivity contribution in [1.82, 2.24) is 0 Å².